The number of fused-ring (bicyclic) bond motifs is 2. The van der Waals surface area contributed by atoms with Crippen molar-refractivity contribution in [1.29, 1.82) is 0 Å². The minimum Gasteiger partial charge on any atom is -0.367 e. The zero-order valence-electron chi connectivity index (χ0n) is 11.0. The van der Waals surface area contributed by atoms with Crippen molar-refractivity contribution in [2.24, 2.45) is 17.6 Å². The molecule has 1 aromatic carbocycles. The van der Waals surface area contributed by atoms with Gasteiger partial charge in [-0.25, -0.2) is 4.98 Å². The molecule has 1 aromatic heterocycles. The third-order valence-corrected chi connectivity index (χ3v) is 4.39. The number of amides is 1. The fourth-order valence-electron chi connectivity index (χ4n) is 3.26. The number of nitrogens with zero attached hydrogens (tertiary/aromatic N) is 1. The Morgan fingerprint density at radius 3 is 2.80 bits per heavy atom. The fraction of sp³-hybridized carbons (Fsp3) is 0.333. The van der Waals surface area contributed by atoms with Crippen molar-refractivity contribution >= 4 is 22.6 Å². The maximum Gasteiger partial charge on any atom is 0.249 e. The zero-order chi connectivity index (χ0) is 13.7. The largest absolute Gasteiger partial charge is 0.367 e. The van der Waals surface area contributed by atoms with Crippen molar-refractivity contribution in [2.75, 3.05) is 18.4 Å². The number of anilines is 1. The van der Waals surface area contributed by atoms with Crippen LogP contribution in [-0.4, -0.2) is 30.0 Å². The van der Waals surface area contributed by atoms with Gasteiger partial charge in [0.1, 0.15) is 5.82 Å². The molecule has 1 aliphatic heterocycles. The Labute approximate surface area is 116 Å². The molecule has 20 heavy (non-hydrogen) atoms. The Morgan fingerprint density at radius 2 is 2.05 bits per heavy atom. The molecule has 2 aromatic rings. The summed E-state index contributed by atoms with van der Waals surface area (Å²) in [6.07, 6.45) is 0. The number of carbonyl (C=O) groups is 1. The van der Waals surface area contributed by atoms with Crippen LogP contribution in [0.1, 0.15) is 10.4 Å². The third-order valence-electron chi connectivity index (χ3n) is 4.39. The van der Waals surface area contributed by atoms with Gasteiger partial charge in [-0.1, -0.05) is 18.2 Å². The van der Waals surface area contributed by atoms with Gasteiger partial charge in [0.05, 0.1) is 11.1 Å². The van der Waals surface area contributed by atoms with Gasteiger partial charge in [0.25, 0.3) is 0 Å². The Balaban J connectivity index is 1.71. The smallest absolute Gasteiger partial charge is 0.249 e. The van der Waals surface area contributed by atoms with E-state index in [1.807, 2.05) is 24.3 Å². The van der Waals surface area contributed by atoms with Crippen LogP contribution in [0.2, 0.25) is 0 Å². The summed E-state index contributed by atoms with van der Waals surface area (Å²) < 4.78 is 0. The quantitative estimate of drug-likeness (QED) is 0.774. The molecular formula is C15H16N4O. The lowest BCUT2D eigenvalue weighted by Crippen LogP contribution is -2.22. The van der Waals surface area contributed by atoms with Crippen molar-refractivity contribution < 1.29 is 4.79 Å². The van der Waals surface area contributed by atoms with E-state index in [2.05, 4.69) is 15.6 Å². The number of nitrogens with two attached hydrogens (primary N) is 1. The van der Waals surface area contributed by atoms with Crippen molar-refractivity contribution in [3.05, 3.63) is 35.9 Å². The lowest BCUT2D eigenvalue weighted by molar-refractivity contribution is 0.100. The number of pyridine rings is 1. The van der Waals surface area contributed by atoms with Crippen molar-refractivity contribution in [2.45, 2.75) is 6.04 Å². The number of carbonyl (C=O) groups excluding carboxylic acids is 1. The van der Waals surface area contributed by atoms with E-state index >= 15 is 0 Å². The fourth-order valence-corrected chi connectivity index (χ4v) is 3.26. The molecule has 0 spiro atoms. The molecular weight excluding hydrogens is 252 g/mol. The molecule has 2 atom stereocenters. The van der Waals surface area contributed by atoms with E-state index in [9.17, 15) is 4.79 Å². The number of nitrogens with one attached hydrogen (secondary N) is 2. The second-order valence-electron chi connectivity index (χ2n) is 5.59. The number of primary amides is 1. The van der Waals surface area contributed by atoms with Crippen LogP contribution < -0.4 is 16.4 Å². The predicted octanol–water partition coefficient (Wildman–Crippen LogP) is 0.963. The minimum atomic E-state index is -0.413. The Hall–Kier alpha value is -2.14. The topological polar surface area (TPSA) is 80.0 Å². The van der Waals surface area contributed by atoms with Gasteiger partial charge in [-0.2, -0.15) is 0 Å². The summed E-state index contributed by atoms with van der Waals surface area (Å²) in [7, 11) is 0. The third kappa shape index (κ3) is 1.74. The molecule has 2 fully saturated rings. The van der Waals surface area contributed by atoms with Gasteiger partial charge in [-0.15, -0.1) is 0 Å². The van der Waals surface area contributed by atoms with Crippen LogP contribution in [0.25, 0.3) is 10.9 Å². The lowest BCUT2D eigenvalue weighted by atomic mass is 10.1. The SMILES string of the molecule is NC(=O)c1cc(NC2C3CNCC32)nc2ccccc12. The molecule has 1 saturated heterocycles. The molecule has 1 saturated carbocycles. The highest BCUT2D eigenvalue weighted by atomic mass is 16.1. The highest BCUT2D eigenvalue weighted by Gasteiger charge is 2.53. The number of hydrogen-bond donors (Lipinski definition) is 3. The summed E-state index contributed by atoms with van der Waals surface area (Å²) in [6, 6.07) is 9.84. The van der Waals surface area contributed by atoms with Crippen LogP contribution >= 0.6 is 0 Å². The highest BCUT2D eigenvalue weighted by Crippen LogP contribution is 2.43. The standard InChI is InChI=1S/C15H16N4O/c16-15(20)9-5-13(18-12-4-2-1-3-8(9)12)19-14-10-6-17-7-11(10)14/h1-5,10-11,14,17H,6-7H2,(H2,16,20)(H,18,19). The van der Waals surface area contributed by atoms with Crippen molar-refractivity contribution in [1.82, 2.24) is 10.3 Å². The van der Waals surface area contributed by atoms with Gasteiger partial charge in [0.2, 0.25) is 5.91 Å². The number of aromatic nitrogens is 1. The zero-order valence-corrected chi connectivity index (χ0v) is 11.0. The van der Waals surface area contributed by atoms with Crippen LogP contribution in [0.4, 0.5) is 5.82 Å². The maximum atomic E-state index is 11.6. The molecule has 1 aliphatic carbocycles. The number of hydrogen-bond acceptors (Lipinski definition) is 4. The normalized spacial score (nSPS) is 27.3. The average Bonchev–Trinajstić information content (AvgIpc) is 2.87. The molecule has 0 radical (unpaired) electrons. The number of para-hydroxylation sites is 1. The van der Waals surface area contributed by atoms with Crippen LogP contribution in [0.5, 0.6) is 0 Å². The number of benzene rings is 1. The monoisotopic (exact) mass is 268 g/mol. The molecule has 5 heteroatoms. The first kappa shape index (κ1) is 11.7. The average molecular weight is 268 g/mol. The molecule has 4 N–H and O–H groups in total. The van der Waals surface area contributed by atoms with Crippen LogP contribution in [0, 0.1) is 11.8 Å². The van der Waals surface area contributed by atoms with E-state index in [1.165, 1.54) is 0 Å². The second-order valence-corrected chi connectivity index (χ2v) is 5.59. The molecule has 102 valence electrons. The van der Waals surface area contributed by atoms with Crippen molar-refractivity contribution in [3.63, 3.8) is 0 Å². The van der Waals surface area contributed by atoms with E-state index in [1.54, 1.807) is 6.07 Å². The Morgan fingerprint density at radius 1 is 1.30 bits per heavy atom. The summed E-state index contributed by atoms with van der Waals surface area (Å²) in [5, 5.41) is 7.62. The van der Waals surface area contributed by atoms with E-state index in [-0.39, 0.29) is 0 Å². The van der Waals surface area contributed by atoms with Gasteiger partial charge in [0, 0.05) is 24.5 Å². The van der Waals surface area contributed by atoms with Gasteiger partial charge >= 0.3 is 0 Å². The highest BCUT2D eigenvalue weighted by molar-refractivity contribution is 6.06. The van der Waals surface area contributed by atoms with E-state index < -0.39 is 5.91 Å². The van der Waals surface area contributed by atoms with Gasteiger partial charge in [-0.3, -0.25) is 4.79 Å². The summed E-state index contributed by atoms with van der Waals surface area (Å²) in [4.78, 5) is 16.2. The van der Waals surface area contributed by atoms with E-state index in [0.29, 0.717) is 23.4 Å². The molecule has 5 nitrogen and oxygen atoms in total. The van der Waals surface area contributed by atoms with Gasteiger partial charge in [-0.05, 0) is 24.0 Å². The van der Waals surface area contributed by atoms with Crippen LogP contribution in [0.3, 0.4) is 0 Å². The lowest BCUT2D eigenvalue weighted by Gasteiger charge is -2.11. The Bertz CT molecular complexity index is 689. The molecule has 0 bridgehead atoms. The Kier molecular flexibility index (Phi) is 2.44. The van der Waals surface area contributed by atoms with Gasteiger partial charge in [0.15, 0.2) is 0 Å². The van der Waals surface area contributed by atoms with Crippen LogP contribution in [-0.2, 0) is 0 Å². The summed E-state index contributed by atoms with van der Waals surface area (Å²) in [6.45, 7) is 2.14. The molecule has 4 rings (SSSR count). The molecule has 1 amide bonds. The summed E-state index contributed by atoms with van der Waals surface area (Å²) in [5.41, 5.74) is 6.81. The van der Waals surface area contributed by atoms with E-state index in [0.717, 1.165) is 29.8 Å². The molecule has 2 heterocycles. The molecule has 2 unspecified atom stereocenters. The summed E-state index contributed by atoms with van der Waals surface area (Å²) in [5.74, 6) is 1.72. The van der Waals surface area contributed by atoms with Gasteiger partial charge < -0.3 is 16.4 Å². The van der Waals surface area contributed by atoms with E-state index in [4.69, 9.17) is 5.73 Å². The first-order valence-corrected chi connectivity index (χ1v) is 6.91. The first-order valence-electron chi connectivity index (χ1n) is 6.91. The van der Waals surface area contributed by atoms with Crippen molar-refractivity contribution in [3.8, 4) is 0 Å². The first-order chi connectivity index (χ1) is 9.74. The number of piperidine rings is 1. The van der Waals surface area contributed by atoms with Crippen LogP contribution in [0.15, 0.2) is 30.3 Å². The predicted molar refractivity (Wildman–Crippen MR) is 77.5 cm³/mol. The second kappa shape index (κ2) is 4.18. The summed E-state index contributed by atoms with van der Waals surface area (Å²) >= 11 is 0. The molecule has 2 aliphatic rings. The number of rotatable bonds is 3. The minimum absolute atomic E-state index is 0.413. The maximum absolute atomic E-state index is 11.6.